The molecule has 0 bridgehead atoms. The lowest BCUT2D eigenvalue weighted by atomic mass is 10.1. The Morgan fingerprint density at radius 3 is 2.48 bits per heavy atom. The van der Waals surface area contributed by atoms with Crippen LogP contribution in [0.5, 0.6) is 17.5 Å². The molecule has 27 heavy (non-hydrogen) atoms. The molecule has 2 heterocycles. The summed E-state index contributed by atoms with van der Waals surface area (Å²) in [5, 5.41) is 12.5. The van der Waals surface area contributed by atoms with E-state index in [1.165, 1.54) is 6.20 Å². The van der Waals surface area contributed by atoms with Crippen LogP contribution in [0.15, 0.2) is 40.9 Å². The average Bonchev–Trinajstić information content (AvgIpc) is 3.06. The molecule has 0 atom stereocenters. The zero-order valence-corrected chi connectivity index (χ0v) is 15.7. The van der Waals surface area contributed by atoms with Gasteiger partial charge in [-0.05, 0) is 61.7 Å². The van der Waals surface area contributed by atoms with Crippen LogP contribution in [0.2, 0.25) is 5.02 Å². The highest BCUT2D eigenvalue weighted by molar-refractivity contribution is 6.30. The van der Waals surface area contributed by atoms with E-state index in [-0.39, 0.29) is 11.8 Å². The first-order valence-corrected chi connectivity index (χ1v) is 8.65. The number of ether oxygens (including phenoxy) is 1. The van der Waals surface area contributed by atoms with Crippen molar-refractivity contribution in [1.82, 2.24) is 15.0 Å². The number of oxazole rings is 1. The fraction of sp³-hybridized carbons (Fsp3) is 0.150. The van der Waals surface area contributed by atoms with Gasteiger partial charge in [0.05, 0.1) is 6.20 Å². The van der Waals surface area contributed by atoms with Crippen LogP contribution in [0.25, 0.3) is 22.7 Å². The largest absolute Gasteiger partial charge is 0.424 e. The van der Waals surface area contributed by atoms with Crippen molar-refractivity contribution < 1.29 is 14.3 Å². The molecule has 0 aliphatic rings. The van der Waals surface area contributed by atoms with E-state index in [2.05, 4.69) is 15.0 Å². The topological polar surface area (TPSA) is 80.9 Å². The first-order valence-electron chi connectivity index (χ1n) is 8.27. The number of benzene rings is 2. The predicted molar refractivity (Wildman–Crippen MR) is 101 cm³/mol. The summed E-state index contributed by atoms with van der Waals surface area (Å²) >= 11 is 6.01. The Morgan fingerprint density at radius 1 is 1.00 bits per heavy atom. The van der Waals surface area contributed by atoms with E-state index >= 15 is 0 Å². The molecule has 2 aromatic heterocycles. The van der Waals surface area contributed by atoms with Crippen LogP contribution < -0.4 is 4.74 Å². The van der Waals surface area contributed by atoms with Gasteiger partial charge >= 0.3 is 6.01 Å². The lowest BCUT2D eigenvalue weighted by molar-refractivity contribution is 0.348. The van der Waals surface area contributed by atoms with Gasteiger partial charge in [0.15, 0.2) is 5.75 Å². The number of halogens is 1. The van der Waals surface area contributed by atoms with Crippen molar-refractivity contribution in [2.45, 2.75) is 20.8 Å². The second-order valence-corrected chi connectivity index (χ2v) is 6.75. The van der Waals surface area contributed by atoms with E-state index in [0.717, 1.165) is 11.1 Å². The summed E-state index contributed by atoms with van der Waals surface area (Å²) in [6.45, 7) is 5.43. The Hall–Kier alpha value is -3.12. The number of aryl methyl sites for hydroxylation is 3. The normalized spacial score (nSPS) is 11.1. The molecular formula is C20H15ClN3O3. The van der Waals surface area contributed by atoms with Crippen molar-refractivity contribution in [2.24, 2.45) is 0 Å². The molecule has 4 rings (SSSR count). The molecule has 7 heteroatoms. The van der Waals surface area contributed by atoms with E-state index in [4.69, 9.17) is 20.8 Å². The number of nitrogens with zero attached hydrogens (tertiary/aromatic N) is 3. The lowest BCUT2D eigenvalue weighted by Gasteiger charge is -2.06. The Bertz CT molecular complexity index is 1150. The third-order valence-corrected chi connectivity index (χ3v) is 4.42. The Morgan fingerprint density at radius 2 is 1.74 bits per heavy atom. The number of fused-ring (bicyclic) bond motifs is 1. The van der Waals surface area contributed by atoms with E-state index in [9.17, 15) is 5.11 Å². The van der Waals surface area contributed by atoms with Gasteiger partial charge in [-0.3, -0.25) is 5.11 Å². The van der Waals surface area contributed by atoms with Crippen molar-refractivity contribution in [2.75, 3.05) is 0 Å². The van der Waals surface area contributed by atoms with Crippen LogP contribution in [-0.4, -0.2) is 15.0 Å². The highest BCUT2D eigenvalue weighted by Gasteiger charge is 2.15. The van der Waals surface area contributed by atoms with Gasteiger partial charge in [-0.15, -0.1) is 0 Å². The highest BCUT2D eigenvalue weighted by Crippen LogP contribution is 2.31. The summed E-state index contributed by atoms with van der Waals surface area (Å²) in [5.74, 6) is 0.961. The zero-order valence-electron chi connectivity index (χ0n) is 14.9. The molecular weight excluding hydrogens is 366 g/mol. The summed E-state index contributed by atoms with van der Waals surface area (Å²) in [6, 6.07) is 8.98. The van der Waals surface area contributed by atoms with Gasteiger partial charge in [-0.1, -0.05) is 17.7 Å². The van der Waals surface area contributed by atoms with Crippen LogP contribution in [0.4, 0.5) is 0 Å². The van der Waals surface area contributed by atoms with Gasteiger partial charge < -0.3 is 9.15 Å². The van der Waals surface area contributed by atoms with E-state index < -0.39 is 0 Å². The molecule has 1 radical (unpaired) electrons. The monoisotopic (exact) mass is 380 g/mol. The van der Waals surface area contributed by atoms with Gasteiger partial charge in [0.25, 0.3) is 5.71 Å². The van der Waals surface area contributed by atoms with Gasteiger partial charge in [0, 0.05) is 10.6 Å². The van der Waals surface area contributed by atoms with Crippen LogP contribution in [0, 0.1) is 20.8 Å². The van der Waals surface area contributed by atoms with Crippen molar-refractivity contribution in [3.05, 3.63) is 58.2 Å². The third kappa shape index (κ3) is 3.31. The van der Waals surface area contributed by atoms with Crippen LogP contribution in [0.3, 0.4) is 0 Å². The van der Waals surface area contributed by atoms with E-state index in [1.807, 2.05) is 13.0 Å². The maximum Gasteiger partial charge on any atom is 0.325 e. The summed E-state index contributed by atoms with van der Waals surface area (Å²) in [6.07, 6.45) is 1.53. The maximum atomic E-state index is 11.9. The minimum atomic E-state index is 0.0160. The molecule has 0 aliphatic heterocycles. The molecule has 2 aromatic carbocycles. The second kappa shape index (κ2) is 6.55. The Balaban J connectivity index is 1.71. The molecule has 0 amide bonds. The molecule has 0 saturated heterocycles. The van der Waals surface area contributed by atoms with Gasteiger partial charge in [0.1, 0.15) is 11.3 Å². The average molecular weight is 381 g/mol. The SMILES string of the molecule is Cc1ccc(Cl)cc1Oc1ncc2nc(-c3cc(C)c([O])c(C)c3)oc2n1. The minimum absolute atomic E-state index is 0.0160. The molecule has 6 nitrogen and oxygen atoms in total. The standard InChI is InChI=1S/C20H15ClN3O3/c1-10-4-5-14(21)8-16(10)26-20-22-9-15-19(24-20)27-18(23-15)13-6-11(2)17(25)12(3)7-13/h4-9H,1-3H3. The Labute approximate surface area is 160 Å². The van der Waals surface area contributed by atoms with Gasteiger partial charge in [-0.25, -0.2) is 9.97 Å². The molecule has 0 saturated carbocycles. The summed E-state index contributed by atoms with van der Waals surface area (Å²) < 4.78 is 11.5. The number of aromatic nitrogens is 3. The maximum absolute atomic E-state index is 11.9. The van der Waals surface area contributed by atoms with Crippen LogP contribution >= 0.6 is 11.6 Å². The van der Waals surface area contributed by atoms with Crippen LogP contribution in [-0.2, 0) is 5.11 Å². The number of hydrogen-bond donors (Lipinski definition) is 0. The van der Waals surface area contributed by atoms with Crippen molar-refractivity contribution in [3.8, 4) is 29.0 Å². The first kappa shape index (κ1) is 17.3. The van der Waals surface area contributed by atoms with E-state index in [0.29, 0.717) is 39.0 Å². The second-order valence-electron chi connectivity index (χ2n) is 6.31. The predicted octanol–water partition coefficient (Wildman–Crippen LogP) is 5.80. The molecule has 0 fully saturated rings. The van der Waals surface area contributed by atoms with Crippen LogP contribution in [0.1, 0.15) is 16.7 Å². The van der Waals surface area contributed by atoms with Crippen molar-refractivity contribution in [1.29, 1.82) is 0 Å². The first-order chi connectivity index (χ1) is 12.9. The van der Waals surface area contributed by atoms with Crippen molar-refractivity contribution >= 4 is 22.8 Å². The summed E-state index contributed by atoms with van der Waals surface area (Å²) in [7, 11) is 0. The number of rotatable bonds is 3. The molecule has 0 spiro atoms. The lowest BCUT2D eigenvalue weighted by Crippen LogP contribution is -1.93. The third-order valence-electron chi connectivity index (χ3n) is 4.19. The minimum Gasteiger partial charge on any atom is -0.424 e. The number of hydrogen-bond acceptors (Lipinski definition) is 5. The van der Waals surface area contributed by atoms with Gasteiger partial charge in [-0.2, -0.15) is 4.98 Å². The van der Waals surface area contributed by atoms with E-state index in [1.54, 1.807) is 38.1 Å². The molecule has 4 aromatic rings. The molecule has 135 valence electrons. The fourth-order valence-corrected chi connectivity index (χ4v) is 2.91. The fourth-order valence-electron chi connectivity index (χ4n) is 2.75. The van der Waals surface area contributed by atoms with Gasteiger partial charge in [0.2, 0.25) is 5.89 Å². The quantitative estimate of drug-likeness (QED) is 0.448. The molecule has 0 unspecified atom stereocenters. The van der Waals surface area contributed by atoms with Crippen molar-refractivity contribution in [3.63, 3.8) is 0 Å². The smallest absolute Gasteiger partial charge is 0.325 e. The Kier molecular flexibility index (Phi) is 4.20. The zero-order chi connectivity index (χ0) is 19.1. The molecule has 0 aliphatic carbocycles. The molecule has 0 N–H and O–H groups in total. The highest BCUT2D eigenvalue weighted by atomic mass is 35.5. The summed E-state index contributed by atoms with van der Waals surface area (Å²) in [4.78, 5) is 12.9. The summed E-state index contributed by atoms with van der Waals surface area (Å²) in [5.41, 5.74) is 3.70.